The van der Waals surface area contributed by atoms with Crippen LogP contribution in [-0.2, 0) is 16.0 Å². The second-order valence-electron chi connectivity index (χ2n) is 6.58. The quantitative estimate of drug-likeness (QED) is 0.818. The van der Waals surface area contributed by atoms with Gasteiger partial charge >= 0.3 is 0 Å². The Labute approximate surface area is 152 Å². The molecule has 0 N–H and O–H groups in total. The van der Waals surface area contributed by atoms with Crippen LogP contribution >= 0.6 is 23.2 Å². The minimum atomic E-state index is 0.108. The lowest BCUT2D eigenvalue weighted by Crippen LogP contribution is -2.50. The highest BCUT2D eigenvalue weighted by Crippen LogP contribution is 2.24. The van der Waals surface area contributed by atoms with E-state index >= 15 is 0 Å². The summed E-state index contributed by atoms with van der Waals surface area (Å²) in [6.45, 7) is 2.31. The van der Waals surface area contributed by atoms with Crippen LogP contribution in [0.2, 0.25) is 10.0 Å². The molecule has 0 spiro atoms. The van der Waals surface area contributed by atoms with E-state index in [-0.39, 0.29) is 11.8 Å². The summed E-state index contributed by atoms with van der Waals surface area (Å²) in [5, 5.41) is 0.976. The SMILES string of the molecule is O=C(Cc1ccc(Cl)c(Cl)c1)N1CCC(N2CCCCC2=O)CC1. The van der Waals surface area contributed by atoms with E-state index in [1.165, 1.54) is 0 Å². The molecule has 2 aliphatic rings. The minimum Gasteiger partial charge on any atom is -0.342 e. The van der Waals surface area contributed by atoms with Gasteiger partial charge in [-0.05, 0) is 43.4 Å². The minimum absolute atomic E-state index is 0.108. The maximum Gasteiger partial charge on any atom is 0.226 e. The fraction of sp³-hybridized carbons (Fsp3) is 0.556. The zero-order valence-corrected chi connectivity index (χ0v) is 15.2. The third kappa shape index (κ3) is 4.04. The van der Waals surface area contributed by atoms with E-state index in [0.717, 1.165) is 37.8 Å². The molecule has 0 aromatic heterocycles. The van der Waals surface area contributed by atoms with E-state index in [4.69, 9.17) is 23.2 Å². The largest absolute Gasteiger partial charge is 0.342 e. The fourth-order valence-electron chi connectivity index (χ4n) is 3.58. The van der Waals surface area contributed by atoms with Gasteiger partial charge in [-0.15, -0.1) is 0 Å². The smallest absolute Gasteiger partial charge is 0.226 e. The van der Waals surface area contributed by atoms with Crippen LogP contribution in [0.3, 0.4) is 0 Å². The van der Waals surface area contributed by atoms with Crippen molar-refractivity contribution in [1.29, 1.82) is 0 Å². The van der Waals surface area contributed by atoms with Crippen LogP contribution in [0.15, 0.2) is 18.2 Å². The Kier molecular flexibility index (Phi) is 5.67. The van der Waals surface area contributed by atoms with Crippen molar-refractivity contribution < 1.29 is 9.59 Å². The lowest BCUT2D eigenvalue weighted by atomic mass is 9.99. The second-order valence-corrected chi connectivity index (χ2v) is 7.40. The van der Waals surface area contributed by atoms with Crippen LogP contribution in [0.1, 0.15) is 37.7 Å². The molecule has 2 fully saturated rings. The van der Waals surface area contributed by atoms with Crippen molar-refractivity contribution in [1.82, 2.24) is 9.80 Å². The van der Waals surface area contributed by atoms with Crippen LogP contribution < -0.4 is 0 Å². The number of amides is 2. The van der Waals surface area contributed by atoms with E-state index < -0.39 is 0 Å². The highest BCUT2D eigenvalue weighted by atomic mass is 35.5. The van der Waals surface area contributed by atoms with Crippen LogP contribution in [0.25, 0.3) is 0 Å². The molecule has 2 heterocycles. The molecule has 0 saturated carbocycles. The first-order valence-electron chi connectivity index (χ1n) is 8.56. The number of benzene rings is 1. The molecule has 6 heteroatoms. The summed E-state index contributed by atoms with van der Waals surface area (Å²) >= 11 is 11.9. The summed E-state index contributed by atoms with van der Waals surface area (Å²) in [6, 6.07) is 5.61. The van der Waals surface area contributed by atoms with Crippen LogP contribution in [0.4, 0.5) is 0 Å². The maximum atomic E-state index is 12.5. The molecule has 2 aliphatic heterocycles. The average Bonchev–Trinajstić information content (AvgIpc) is 2.59. The highest BCUT2D eigenvalue weighted by Gasteiger charge is 2.30. The standard InChI is InChI=1S/C18H22Cl2N2O2/c19-15-5-4-13(11-16(15)20)12-18(24)21-9-6-14(7-10-21)22-8-2-1-3-17(22)23/h4-5,11,14H,1-3,6-10,12H2. The summed E-state index contributed by atoms with van der Waals surface area (Å²) in [6.07, 6.45) is 4.87. The Morgan fingerprint density at radius 3 is 2.50 bits per heavy atom. The molecule has 0 aliphatic carbocycles. The molecule has 24 heavy (non-hydrogen) atoms. The number of halogens is 2. The summed E-state index contributed by atoms with van der Waals surface area (Å²) in [7, 11) is 0. The third-order valence-electron chi connectivity index (χ3n) is 4.96. The number of likely N-dealkylation sites (tertiary alicyclic amines) is 2. The number of hydrogen-bond donors (Lipinski definition) is 0. The number of rotatable bonds is 3. The molecular weight excluding hydrogens is 347 g/mol. The molecule has 4 nitrogen and oxygen atoms in total. The number of nitrogens with zero attached hydrogens (tertiary/aromatic N) is 2. The molecule has 130 valence electrons. The van der Waals surface area contributed by atoms with Gasteiger partial charge in [0.25, 0.3) is 0 Å². The lowest BCUT2D eigenvalue weighted by molar-refractivity contribution is -0.138. The van der Waals surface area contributed by atoms with Crippen LogP contribution in [0, 0.1) is 0 Å². The zero-order valence-electron chi connectivity index (χ0n) is 13.6. The van der Waals surface area contributed by atoms with Crippen molar-refractivity contribution in [2.24, 2.45) is 0 Å². The van der Waals surface area contributed by atoms with Gasteiger partial charge in [-0.2, -0.15) is 0 Å². The van der Waals surface area contributed by atoms with Crippen molar-refractivity contribution in [3.8, 4) is 0 Å². The number of carbonyl (C=O) groups excluding carboxylic acids is 2. The van der Waals surface area contributed by atoms with Crippen molar-refractivity contribution in [3.63, 3.8) is 0 Å². The van der Waals surface area contributed by atoms with Gasteiger partial charge in [-0.25, -0.2) is 0 Å². The zero-order chi connectivity index (χ0) is 17.1. The molecule has 3 rings (SSSR count). The topological polar surface area (TPSA) is 40.6 Å². The lowest BCUT2D eigenvalue weighted by Gasteiger charge is -2.40. The Balaban J connectivity index is 1.53. The van der Waals surface area contributed by atoms with Crippen molar-refractivity contribution in [2.75, 3.05) is 19.6 Å². The summed E-state index contributed by atoms with van der Waals surface area (Å²) in [5.41, 5.74) is 0.878. The van der Waals surface area contributed by atoms with Gasteiger partial charge in [0.15, 0.2) is 0 Å². The van der Waals surface area contributed by atoms with Crippen LogP contribution in [-0.4, -0.2) is 47.3 Å². The van der Waals surface area contributed by atoms with Gasteiger partial charge in [-0.3, -0.25) is 9.59 Å². The van der Waals surface area contributed by atoms with Gasteiger partial charge < -0.3 is 9.80 Å². The maximum absolute atomic E-state index is 12.5. The van der Waals surface area contributed by atoms with Gasteiger partial charge in [0.1, 0.15) is 0 Å². The van der Waals surface area contributed by atoms with Crippen molar-refractivity contribution >= 4 is 35.0 Å². The predicted octanol–water partition coefficient (Wildman–Crippen LogP) is 3.54. The molecule has 0 unspecified atom stereocenters. The fourth-order valence-corrected chi connectivity index (χ4v) is 3.90. The number of hydrogen-bond acceptors (Lipinski definition) is 2. The molecule has 0 atom stereocenters. The van der Waals surface area contributed by atoms with Gasteiger partial charge in [0, 0.05) is 32.1 Å². The molecule has 0 bridgehead atoms. The first-order chi connectivity index (χ1) is 11.5. The Bertz CT molecular complexity index is 627. The van der Waals surface area contributed by atoms with Crippen molar-refractivity contribution in [2.45, 2.75) is 44.6 Å². The molecular formula is C18H22Cl2N2O2. The van der Waals surface area contributed by atoms with Gasteiger partial charge in [-0.1, -0.05) is 29.3 Å². The molecule has 1 aromatic rings. The molecule has 1 aromatic carbocycles. The Hall–Kier alpha value is -1.26. The third-order valence-corrected chi connectivity index (χ3v) is 5.70. The highest BCUT2D eigenvalue weighted by molar-refractivity contribution is 6.42. The normalized spacial score (nSPS) is 19.7. The predicted molar refractivity (Wildman–Crippen MR) is 95.3 cm³/mol. The number of carbonyl (C=O) groups is 2. The summed E-state index contributed by atoms with van der Waals surface area (Å²) < 4.78 is 0. The molecule has 0 radical (unpaired) electrons. The molecule has 2 amide bonds. The first kappa shape index (κ1) is 17.6. The van der Waals surface area contributed by atoms with E-state index in [9.17, 15) is 9.59 Å². The first-order valence-corrected chi connectivity index (χ1v) is 9.31. The monoisotopic (exact) mass is 368 g/mol. The van der Waals surface area contributed by atoms with Gasteiger partial charge in [0.05, 0.1) is 16.5 Å². The molecule has 2 saturated heterocycles. The summed E-state index contributed by atoms with van der Waals surface area (Å²) in [5.74, 6) is 0.388. The average molecular weight is 369 g/mol. The number of piperidine rings is 2. The van der Waals surface area contributed by atoms with Gasteiger partial charge in [0.2, 0.25) is 11.8 Å². The van der Waals surface area contributed by atoms with E-state index in [2.05, 4.69) is 0 Å². The van der Waals surface area contributed by atoms with E-state index in [1.54, 1.807) is 12.1 Å². The summed E-state index contributed by atoms with van der Waals surface area (Å²) in [4.78, 5) is 28.4. The van der Waals surface area contributed by atoms with Crippen molar-refractivity contribution in [3.05, 3.63) is 33.8 Å². The van der Waals surface area contributed by atoms with Crippen LogP contribution in [0.5, 0.6) is 0 Å². The van der Waals surface area contributed by atoms with E-state index in [1.807, 2.05) is 15.9 Å². The van der Waals surface area contributed by atoms with E-state index in [0.29, 0.717) is 42.0 Å². The second kappa shape index (κ2) is 7.75. The Morgan fingerprint density at radius 1 is 1.08 bits per heavy atom. The Morgan fingerprint density at radius 2 is 1.83 bits per heavy atom.